The topological polar surface area (TPSA) is 29.5 Å². The first-order valence-electron chi connectivity index (χ1n) is 4.74. The van der Waals surface area contributed by atoms with Gasteiger partial charge in [0.15, 0.2) is 0 Å². The van der Waals surface area contributed by atoms with Crippen molar-refractivity contribution in [1.82, 2.24) is 0 Å². The maximum Gasteiger partial charge on any atom is 0.117 e. The summed E-state index contributed by atoms with van der Waals surface area (Å²) in [6.07, 6.45) is 6.63. The van der Waals surface area contributed by atoms with Gasteiger partial charge in [0.25, 0.3) is 0 Å². The molecule has 0 atom stereocenters. The second-order valence-corrected chi connectivity index (χ2v) is 2.82. The van der Waals surface area contributed by atoms with Crippen molar-refractivity contribution in [2.45, 2.75) is 39.5 Å². The number of ether oxygens (including phenoxy) is 1. The molecule has 0 spiro atoms. The Kier molecular flexibility index (Phi) is 8.24. The van der Waals surface area contributed by atoms with E-state index in [1.165, 1.54) is 19.3 Å². The van der Waals surface area contributed by atoms with Crippen LogP contribution in [0.5, 0.6) is 0 Å². The van der Waals surface area contributed by atoms with Crippen molar-refractivity contribution < 1.29 is 9.84 Å². The van der Waals surface area contributed by atoms with Crippen LogP contribution in [0.1, 0.15) is 39.5 Å². The zero-order chi connectivity index (χ0) is 9.23. The van der Waals surface area contributed by atoms with Crippen LogP contribution in [0, 0.1) is 0 Å². The minimum absolute atomic E-state index is 0.0181. The second-order valence-electron chi connectivity index (χ2n) is 2.82. The lowest BCUT2D eigenvalue weighted by atomic mass is 10.2. The second kappa shape index (κ2) is 8.60. The van der Waals surface area contributed by atoms with E-state index in [2.05, 4.69) is 6.92 Å². The number of allylic oxidation sites excluding steroid dienone is 1. The summed E-state index contributed by atoms with van der Waals surface area (Å²) in [4.78, 5) is 0. The molecular formula is C10H20O2. The van der Waals surface area contributed by atoms with Crippen molar-refractivity contribution in [2.24, 2.45) is 0 Å². The van der Waals surface area contributed by atoms with Gasteiger partial charge in [-0.25, -0.2) is 0 Å². The van der Waals surface area contributed by atoms with Crippen molar-refractivity contribution >= 4 is 0 Å². The minimum atomic E-state index is 0.0181. The van der Waals surface area contributed by atoms with Gasteiger partial charge in [0.05, 0.1) is 6.61 Å². The van der Waals surface area contributed by atoms with E-state index in [9.17, 15) is 0 Å². The maximum atomic E-state index is 8.74. The molecule has 2 nitrogen and oxygen atoms in total. The first kappa shape index (κ1) is 11.5. The third-order valence-electron chi connectivity index (χ3n) is 1.76. The Balaban J connectivity index is 3.18. The quantitative estimate of drug-likeness (QED) is 0.472. The summed E-state index contributed by atoms with van der Waals surface area (Å²) in [7, 11) is 0. The average Bonchev–Trinajstić information content (AvgIpc) is 2.11. The smallest absolute Gasteiger partial charge is 0.117 e. The fraction of sp³-hybridized carbons (Fsp3) is 0.800. The molecule has 0 aromatic heterocycles. The lowest BCUT2D eigenvalue weighted by Crippen LogP contribution is -1.98. The Morgan fingerprint density at radius 2 is 2.08 bits per heavy atom. The molecule has 0 amide bonds. The van der Waals surface area contributed by atoms with Gasteiger partial charge in [0.2, 0.25) is 0 Å². The first-order chi connectivity index (χ1) is 5.85. The summed E-state index contributed by atoms with van der Waals surface area (Å²) < 4.78 is 5.30. The van der Waals surface area contributed by atoms with E-state index in [4.69, 9.17) is 9.84 Å². The molecule has 0 aromatic rings. The summed E-state index contributed by atoms with van der Waals surface area (Å²) in [6, 6.07) is 0. The predicted molar refractivity (Wildman–Crippen MR) is 50.9 cm³/mol. The Morgan fingerprint density at radius 3 is 2.58 bits per heavy atom. The molecule has 0 heterocycles. The highest BCUT2D eigenvalue weighted by atomic mass is 16.5. The van der Waals surface area contributed by atoms with Crippen molar-refractivity contribution in [2.75, 3.05) is 13.2 Å². The molecule has 0 rings (SSSR count). The lowest BCUT2D eigenvalue weighted by molar-refractivity contribution is 0.156. The fourth-order valence-electron chi connectivity index (χ4n) is 0.952. The van der Waals surface area contributed by atoms with E-state index in [0.29, 0.717) is 5.76 Å². The highest BCUT2D eigenvalue weighted by molar-refractivity contribution is 4.89. The monoisotopic (exact) mass is 172 g/mol. The van der Waals surface area contributed by atoms with Gasteiger partial charge in [-0.3, -0.25) is 0 Å². The molecule has 0 saturated heterocycles. The van der Waals surface area contributed by atoms with Gasteiger partial charge in [-0.2, -0.15) is 0 Å². The van der Waals surface area contributed by atoms with Gasteiger partial charge in [0, 0.05) is 0 Å². The molecule has 0 bridgehead atoms. The van der Waals surface area contributed by atoms with Crippen LogP contribution >= 0.6 is 0 Å². The Labute approximate surface area is 75.2 Å². The van der Waals surface area contributed by atoms with E-state index in [1.807, 2.05) is 6.92 Å². The van der Waals surface area contributed by atoms with E-state index in [-0.39, 0.29) is 6.61 Å². The van der Waals surface area contributed by atoms with E-state index < -0.39 is 0 Å². The molecule has 0 aliphatic heterocycles. The first-order valence-corrected chi connectivity index (χ1v) is 4.74. The number of aliphatic hydroxyl groups is 1. The van der Waals surface area contributed by atoms with Crippen LogP contribution in [-0.2, 0) is 4.74 Å². The molecule has 72 valence electrons. The Morgan fingerprint density at radius 1 is 1.33 bits per heavy atom. The molecule has 1 N–H and O–H groups in total. The fourth-order valence-corrected chi connectivity index (χ4v) is 0.952. The third kappa shape index (κ3) is 6.23. The highest BCUT2D eigenvalue weighted by Crippen LogP contribution is 2.02. The Bertz CT molecular complexity index is 119. The van der Waals surface area contributed by atoms with E-state index in [0.717, 1.165) is 13.0 Å². The highest BCUT2D eigenvalue weighted by Gasteiger charge is 1.93. The van der Waals surface area contributed by atoms with Crippen LogP contribution in [-0.4, -0.2) is 18.3 Å². The number of aliphatic hydroxyl groups excluding tert-OH is 1. The van der Waals surface area contributed by atoms with Crippen molar-refractivity contribution in [3.05, 3.63) is 11.8 Å². The molecule has 0 aliphatic carbocycles. The van der Waals surface area contributed by atoms with Crippen LogP contribution in [0.2, 0.25) is 0 Å². The molecule has 0 aliphatic rings. The zero-order valence-electron chi connectivity index (χ0n) is 8.18. The molecule has 12 heavy (non-hydrogen) atoms. The van der Waals surface area contributed by atoms with Crippen molar-refractivity contribution in [3.8, 4) is 0 Å². The molecule has 0 unspecified atom stereocenters. The number of hydrogen-bond donors (Lipinski definition) is 1. The minimum Gasteiger partial charge on any atom is -0.496 e. The van der Waals surface area contributed by atoms with Crippen LogP contribution in [0.15, 0.2) is 11.8 Å². The molecule has 0 saturated carbocycles. The summed E-state index contributed by atoms with van der Waals surface area (Å²) in [5.74, 6) is 0.687. The maximum absolute atomic E-state index is 8.74. The molecule has 0 radical (unpaired) electrons. The molecule has 0 aromatic carbocycles. The van der Waals surface area contributed by atoms with Crippen LogP contribution in [0.25, 0.3) is 0 Å². The molecule has 2 heteroatoms. The lowest BCUT2D eigenvalue weighted by Gasteiger charge is -2.06. The molecule has 0 fully saturated rings. The number of rotatable bonds is 7. The third-order valence-corrected chi connectivity index (χ3v) is 1.76. The summed E-state index contributed by atoms with van der Waals surface area (Å²) in [6.45, 7) is 4.81. The summed E-state index contributed by atoms with van der Waals surface area (Å²) in [5.41, 5.74) is 0. The van der Waals surface area contributed by atoms with Gasteiger partial charge >= 0.3 is 0 Å². The van der Waals surface area contributed by atoms with Crippen LogP contribution in [0.3, 0.4) is 0 Å². The van der Waals surface area contributed by atoms with Gasteiger partial charge in [-0.15, -0.1) is 0 Å². The van der Waals surface area contributed by atoms with Crippen molar-refractivity contribution in [1.29, 1.82) is 0 Å². The zero-order valence-corrected chi connectivity index (χ0v) is 8.18. The van der Waals surface area contributed by atoms with Crippen LogP contribution in [0.4, 0.5) is 0 Å². The Hall–Kier alpha value is -0.500. The summed E-state index contributed by atoms with van der Waals surface area (Å²) in [5, 5.41) is 8.74. The van der Waals surface area contributed by atoms with Gasteiger partial charge in [-0.05, 0) is 19.4 Å². The number of hydrogen-bond acceptors (Lipinski definition) is 2. The SMILES string of the molecule is CC=C(CO)OCCCCCC. The largest absolute Gasteiger partial charge is 0.496 e. The standard InChI is InChI=1S/C10H20O2/c1-3-5-6-7-8-12-10(4-2)9-11/h4,11H,3,5-9H2,1-2H3. The number of unbranched alkanes of at least 4 members (excludes halogenated alkanes) is 3. The van der Waals surface area contributed by atoms with Crippen LogP contribution < -0.4 is 0 Å². The predicted octanol–water partition coefficient (Wildman–Crippen LogP) is 2.48. The van der Waals surface area contributed by atoms with Crippen molar-refractivity contribution in [3.63, 3.8) is 0 Å². The molecular weight excluding hydrogens is 152 g/mol. The van der Waals surface area contributed by atoms with Gasteiger partial charge in [-0.1, -0.05) is 26.2 Å². The van der Waals surface area contributed by atoms with Gasteiger partial charge < -0.3 is 9.84 Å². The van der Waals surface area contributed by atoms with E-state index in [1.54, 1.807) is 6.08 Å². The van der Waals surface area contributed by atoms with E-state index >= 15 is 0 Å². The summed E-state index contributed by atoms with van der Waals surface area (Å²) >= 11 is 0. The normalized spacial score (nSPS) is 11.8. The van der Waals surface area contributed by atoms with Gasteiger partial charge in [0.1, 0.15) is 12.4 Å². The average molecular weight is 172 g/mol.